The van der Waals surface area contributed by atoms with Crippen LogP contribution in [0.4, 0.5) is 11.5 Å². The third-order valence-corrected chi connectivity index (χ3v) is 5.78. The molecule has 172 valence electrons. The number of hydrogen-bond acceptors (Lipinski definition) is 7. The fourth-order valence-corrected chi connectivity index (χ4v) is 4.15. The third kappa shape index (κ3) is 4.61. The SMILES string of the molecule is COc1ncc(NC(=O)C(=O)N2CCCC[C@H]2c2cnc3c(c2)CCC(=O)N3)cc1C(N)=O. The smallest absolute Gasteiger partial charge is 0.313 e. The van der Waals surface area contributed by atoms with Crippen LogP contribution in [0.3, 0.4) is 0 Å². The number of primary amides is 1. The normalized spacial score (nSPS) is 17.5. The molecule has 0 spiro atoms. The number of hydrogen-bond donors (Lipinski definition) is 3. The van der Waals surface area contributed by atoms with Gasteiger partial charge in [0.05, 0.1) is 25.0 Å². The zero-order valence-electron chi connectivity index (χ0n) is 18.1. The number of rotatable bonds is 4. The van der Waals surface area contributed by atoms with Crippen LogP contribution in [0.5, 0.6) is 5.88 Å². The predicted octanol–water partition coefficient (Wildman–Crippen LogP) is 1.16. The van der Waals surface area contributed by atoms with Crippen LogP contribution < -0.4 is 21.1 Å². The number of methoxy groups -OCH3 is 1. The van der Waals surface area contributed by atoms with E-state index in [1.165, 1.54) is 24.3 Å². The Bertz CT molecular complexity index is 1130. The van der Waals surface area contributed by atoms with Gasteiger partial charge in [-0.2, -0.15) is 0 Å². The summed E-state index contributed by atoms with van der Waals surface area (Å²) in [5.74, 6) is -1.81. The van der Waals surface area contributed by atoms with E-state index in [1.807, 2.05) is 6.07 Å². The Labute approximate surface area is 189 Å². The van der Waals surface area contributed by atoms with Crippen molar-refractivity contribution in [3.63, 3.8) is 0 Å². The first-order valence-corrected chi connectivity index (χ1v) is 10.6. The fraction of sp³-hybridized carbons (Fsp3) is 0.364. The van der Waals surface area contributed by atoms with Gasteiger partial charge in [0.15, 0.2) is 0 Å². The summed E-state index contributed by atoms with van der Waals surface area (Å²) in [7, 11) is 1.34. The Balaban J connectivity index is 1.53. The molecule has 0 aromatic carbocycles. The summed E-state index contributed by atoms with van der Waals surface area (Å²) in [6.07, 6.45) is 6.28. The lowest BCUT2D eigenvalue weighted by atomic mass is 9.94. The molecule has 4 rings (SSSR count). The van der Waals surface area contributed by atoms with Gasteiger partial charge in [0.25, 0.3) is 5.91 Å². The standard InChI is InChI=1S/C22H24N6O5/c1-33-21-15(18(23)30)9-14(11-25-21)26-20(31)22(32)28-7-3-2-4-16(28)13-8-12-5-6-17(29)27-19(12)24-10-13/h8-11,16H,2-7H2,1H3,(H2,23,30)(H,26,31)(H,24,27,29)/t16-/m0/s1. The number of carbonyl (C=O) groups excluding carboxylic acids is 4. The summed E-state index contributed by atoms with van der Waals surface area (Å²) in [4.78, 5) is 58.9. The van der Waals surface area contributed by atoms with Gasteiger partial charge in [-0.25, -0.2) is 9.97 Å². The molecule has 4 heterocycles. The average molecular weight is 452 g/mol. The van der Waals surface area contributed by atoms with Crippen molar-refractivity contribution in [2.24, 2.45) is 5.73 Å². The zero-order chi connectivity index (χ0) is 23.5. The van der Waals surface area contributed by atoms with Crippen molar-refractivity contribution in [1.29, 1.82) is 0 Å². The van der Waals surface area contributed by atoms with Gasteiger partial charge in [-0.3, -0.25) is 19.2 Å². The fourth-order valence-electron chi connectivity index (χ4n) is 4.15. The lowest BCUT2D eigenvalue weighted by Gasteiger charge is -2.35. The van der Waals surface area contributed by atoms with Gasteiger partial charge in [-0.05, 0) is 48.9 Å². The number of amides is 4. The molecule has 11 nitrogen and oxygen atoms in total. The molecule has 1 saturated heterocycles. The van der Waals surface area contributed by atoms with Crippen LogP contribution in [0.1, 0.15) is 53.2 Å². The molecule has 33 heavy (non-hydrogen) atoms. The van der Waals surface area contributed by atoms with Gasteiger partial charge in [0, 0.05) is 19.2 Å². The van der Waals surface area contributed by atoms with E-state index in [4.69, 9.17) is 10.5 Å². The topological polar surface area (TPSA) is 157 Å². The first-order valence-electron chi connectivity index (χ1n) is 10.6. The van der Waals surface area contributed by atoms with Crippen LogP contribution in [0.15, 0.2) is 24.5 Å². The highest BCUT2D eigenvalue weighted by Crippen LogP contribution is 2.33. The number of anilines is 2. The molecule has 1 atom stereocenters. The minimum absolute atomic E-state index is 0.00850. The Morgan fingerprint density at radius 2 is 2.00 bits per heavy atom. The summed E-state index contributed by atoms with van der Waals surface area (Å²) in [5.41, 5.74) is 7.22. The van der Waals surface area contributed by atoms with Crippen molar-refractivity contribution in [2.75, 3.05) is 24.3 Å². The lowest BCUT2D eigenvalue weighted by molar-refractivity contribution is -0.145. The lowest BCUT2D eigenvalue weighted by Crippen LogP contribution is -2.44. The maximum Gasteiger partial charge on any atom is 0.313 e. The number of aromatic nitrogens is 2. The van der Waals surface area contributed by atoms with Crippen molar-refractivity contribution < 1.29 is 23.9 Å². The number of nitrogens with zero attached hydrogens (tertiary/aromatic N) is 3. The van der Waals surface area contributed by atoms with Gasteiger partial charge in [-0.15, -0.1) is 0 Å². The number of likely N-dealkylation sites (tertiary alicyclic amines) is 1. The van der Waals surface area contributed by atoms with E-state index < -0.39 is 17.7 Å². The monoisotopic (exact) mass is 452 g/mol. The largest absolute Gasteiger partial charge is 0.480 e. The minimum atomic E-state index is -0.845. The van der Waals surface area contributed by atoms with Crippen LogP contribution in [0.2, 0.25) is 0 Å². The Kier molecular flexibility index (Phi) is 6.20. The van der Waals surface area contributed by atoms with Crippen LogP contribution in [-0.4, -0.2) is 52.2 Å². The summed E-state index contributed by atoms with van der Waals surface area (Å²) < 4.78 is 4.99. The summed E-state index contributed by atoms with van der Waals surface area (Å²) in [6, 6.07) is 2.96. The molecule has 2 aromatic heterocycles. The van der Waals surface area contributed by atoms with Crippen LogP contribution in [0, 0.1) is 0 Å². The molecule has 0 aliphatic carbocycles. The quantitative estimate of drug-likeness (QED) is 0.588. The van der Waals surface area contributed by atoms with Gasteiger partial charge >= 0.3 is 11.8 Å². The van der Waals surface area contributed by atoms with Crippen molar-refractivity contribution in [3.05, 3.63) is 41.2 Å². The van der Waals surface area contributed by atoms with E-state index >= 15 is 0 Å². The predicted molar refractivity (Wildman–Crippen MR) is 117 cm³/mol. The zero-order valence-corrected chi connectivity index (χ0v) is 18.1. The van der Waals surface area contributed by atoms with E-state index in [2.05, 4.69) is 20.6 Å². The molecule has 0 saturated carbocycles. The number of fused-ring (bicyclic) bond motifs is 1. The molecule has 2 aliphatic rings. The van der Waals surface area contributed by atoms with Crippen molar-refractivity contribution in [1.82, 2.24) is 14.9 Å². The second-order valence-electron chi connectivity index (χ2n) is 7.93. The molecule has 0 unspecified atom stereocenters. The maximum atomic E-state index is 13.1. The van der Waals surface area contributed by atoms with Gasteiger partial charge in [0.2, 0.25) is 11.8 Å². The van der Waals surface area contributed by atoms with Crippen LogP contribution in [-0.2, 0) is 20.8 Å². The van der Waals surface area contributed by atoms with Crippen molar-refractivity contribution >= 4 is 35.1 Å². The van der Waals surface area contributed by atoms with E-state index in [9.17, 15) is 19.2 Å². The number of carbonyl (C=O) groups is 4. The Hall–Kier alpha value is -4.02. The third-order valence-electron chi connectivity index (χ3n) is 5.78. The van der Waals surface area contributed by atoms with Crippen LogP contribution >= 0.6 is 0 Å². The number of pyridine rings is 2. The number of nitrogens with one attached hydrogen (secondary N) is 2. The highest BCUT2D eigenvalue weighted by molar-refractivity contribution is 6.39. The molecular weight excluding hydrogens is 428 g/mol. The molecule has 11 heteroatoms. The average Bonchev–Trinajstić information content (AvgIpc) is 2.83. The molecule has 0 radical (unpaired) electrons. The summed E-state index contributed by atoms with van der Waals surface area (Å²) >= 11 is 0. The second-order valence-corrected chi connectivity index (χ2v) is 7.93. The second kappa shape index (κ2) is 9.23. The molecule has 4 N–H and O–H groups in total. The Morgan fingerprint density at radius 3 is 2.76 bits per heavy atom. The molecule has 2 aliphatic heterocycles. The molecule has 2 aromatic rings. The molecule has 0 bridgehead atoms. The summed E-state index contributed by atoms with van der Waals surface area (Å²) in [6.45, 7) is 0.429. The highest BCUT2D eigenvalue weighted by atomic mass is 16.5. The first kappa shape index (κ1) is 22.2. The van der Waals surface area contributed by atoms with E-state index in [-0.39, 0.29) is 29.1 Å². The van der Waals surface area contributed by atoms with E-state index in [0.29, 0.717) is 31.6 Å². The van der Waals surface area contributed by atoms with E-state index in [0.717, 1.165) is 24.0 Å². The molecular formula is C22H24N6O5. The summed E-state index contributed by atoms with van der Waals surface area (Å²) in [5, 5.41) is 5.24. The maximum absolute atomic E-state index is 13.1. The number of ether oxygens (including phenoxy) is 1. The van der Waals surface area contributed by atoms with Gasteiger partial charge in [0.1, 0.15) is 11.4 Å². The highest BCUT2D eigenvalue weighted by Gasteiger charge is 2.33. The number of piperidine rings is 1. The first-order chi connectivity index (χ1) is 15.9. The van der Waals surface area contributed by atoms with Crippen molar-refractivity contribution in [2.45, 2.75) is 38.1 Å². The Morgan fingerprint density at radius 1 is 1.18 bits per heavy atom. The molecule has 1 fully saturated rings. The van der Waals surface area contributed by atoms with Crippen molar-refractivity contribution in [3.8, 4) is 5.88 Å². The number of nitrogens with two attached hydrogens (primary N) is 1. The van der Waals surface area contributed by atoms with Gasteiger partial charge in [-0.1, -0.05) is 0 Å². The van der Waals surface area contributed by atoms with Crippen LogP contribution in [0.25, 0.3) is 0 Å². The molecule has 4 amide bonds. The number of aryl methyl sites for hydroxylation is 1. The van der Waals surface area contributed by atoms with E-state index in [1.54, 1.807) is 6.20 Å². The minimum Gasteiger partial charge on any atom is -0.480 e. The van der Waals surface area contributed by atoms with Gasteiger partial charge < -0.3 is 26.0 Å².